The lowest BCUT2D eigenvalue weighted by Gasteiger charge is -2.10. The van der Waals surface area contributed by atoms with Gasteiger partial charge in [-0.1, -0.05) is 13.3 Å². The van der Waals surface area contributed by atoms with E-state index in [1.165, 1.54) is 0 Å². The smallest absolute Gasteiger partial charge is 0.110 e. The molecule has 0 aliphatic carbocycles. The molecule has 1 atom stereocenters. The van der Waals surface area contributed by atoms with Crippen molar-refractivity contribution >= 4 is 0 Å². The summed E-state index contributed by atoms with van der Waals surface area (Å²) in [6.45, 7) is 6.89. The molecule has 3 N–H and O–H groups in total. The molecule has 0 spiro atoms. The lowest BCUT2D eigenvalue weighted by Crippen LogP contribution is -2.13. The summed E-state index contributed by atoms with van der Waals surface area (Å²) in [5.74, 6) is 1.30. The first-order valence-electron chi connectivity index (χ1n) is 6.84. The van der Waals surface area contributed by atoms with Gasteiger partial charge in [0.2, 0.25) is 0 Å². The minimum absolute atomic E-state index is 0.316. The van der Waals surface area contributed by atoms with E-state index in [-0.39, 0.29) is 0 Å². The molecule has 0 radical (unpaired) electrons. The maximum atomic E-state index is 5.83. The number of H-pyrrole nitrogens is 1. The van der Waals surface area contributed by atoms with Gasteiger partial charge in [0.1, 0.15) is 5.82 Å². The Kier molecular flexibility index (Phi) is 4.04. The third-order valence-corrected chi connectivity index (χ3v) is 3.68. The van der Waals surface area contributed by atoms with Crippen molar-refractivity contribution in [2.75, 3.05) is 6.54 Å². The fourth-order valence-corrected chi connectivity index (χ4v) is 2.55. The summed E-state index contributed by atoms with van der Waals surface area (Å²) in [6, 6.07) is 0. The van der Waals surface area contributed by atoms with Gasteiger partial charge >= 0.3 is 0 Å². The number of aromatic nitrogens is 4. The lowest BCUT2D eigenvalue weighted by atomic mass is 10.0. The quantitative estimate of drug-likeness (QED) is 0.867. The van der Waals surface area contributed by atoms with Crippen LogP contribution in [-0.4, -0.2) is 26.3 Å². The first-order valence-corrected chi connectivity index (χ1v) is 6.84. The summed E-state index contributed by atoms with van der Waals surface area (Å²) >= 11 is 0. The van der Waals surface area contributed by atoms with E-state index in [0.717, 1.165) is 41.3 Å². The molecule has 0 saturated carbocycles. The molecule has 2 aromatic rings. The van der Waals surface area contributed by atoms with E-state index in [9.17, 15) is 0 Å². The van der Waals surface area contributed by atoms with Crippen molar-refractivity contribution in [3.8, 4) is 11.3 Å². The van der Waals surface area contributed by atoms with E-state index in [0.29, 0.717) is 12.5 Å². The molecular weight excluding hydrogens is 238 g/mol. The lowest BCUT2D eigenvalue weighted by molar-refractivity contribution is 0.595. The van der Waals surface area contributed by atoms with Crippen LogP contribution in [-0.2, 0) is 7.05 Å². The second-order valence-electron chi connectivity index (χ2n) is 5.07. The summed E-state index contributed by atoms with van der Waals surface area (Å²) in [6.07, 6.45) is 4.07. The monoisotopic (exact) mass is 261 g/mol. The largest absolute Gasteiger partial charge is 0.342 e. The van der Waals surface area contributed by atoms with Crippen molar-refractivity contribution < 1.29 is 0 Å². The van der Waals surface area contributed by atoms with E-state index in [1.807, 2.05) is 24.9 Å². The first-order chi connectivity index (χ1) is 9.08. The molecule has 2 heterocycles. The van der Waals surface area contributed by atoms with E-state index in [1.54, 1.807) is 0 Å². The Labute approximate surface area is 114 Å². The highest BCUT2D eigenvalue weighted by atomic mass is 15.3. The van der Waals surface area contributed by atoms with Gasteiger partial charge in [-0.3, -0.25) is 4.68 Å². The molecule has 1 unspecified atom stereocenters. The van der Waals surface area contributed by atoms with E-state index >= 15 is 0 Å². The van der Waals surface area contributed by atoms with Crippen LogP contribution in [0.1, 0.15) is 42.9 Å². The minimum atomic E-state index is 0.316. The highest BCUT2D eigenvalue weighted by Gasteiger charge is 2.17. The van der Waals surface area contributed by atoms with Crippen LogP contribution in [0.2, 0.25) is 0 Å². The average molecular weight is 261 g/mol. The predicted octanol–water partition coefficient (Wildman–Crippen LogP) is 2.27. The van der Waals surface area contributed by atoms with E-state index in [4.69, 9.17) is 5.73 Å². The molecule has 104 valence electrons. The fourth-order valence-electron chi connectivity index (χ4n) is 2.55. The van der Waals surface area contributed by atoms with Gasteiger partial charge in [-0.2, -0.15) is 5.10 Å². The number of nitrogens with one attached hydrogen (secondary N) is 1. The zero-order valence-electron chi connectivity index (χ0n) is 12.2. The van der Waals surface area contributed by atoms with Gasteiger partial charge in [-0.15, -0.1) is 0 Å². The molecule has 19 heavy (non-hydrogen) atoms. The molecule has 5 heteroatoms. The van der Waals surface area contributed by atoms with E-state index in [2.05, 4.69) is 28.9 Å². The second kappa shape index (κ2) is 5.57. The molecule has 0 amide bonds. The Bertz CT molecular complexity index is 552. The number of aromatic amines is 1. The molecule has 5 nitrogen and oxygen atoms in total. The average Bonchev–Trinajstić information content (AvgIpc) is 2.93. The number of imidazole rings is 1. The van der Waals surface area contributed by atoms with Crippen LogP contribution < -0.4 is 5.73 Å². The van der Waals surface area contributed by atoms with Gasteiger partial charge in [0.15, 0.2) is 0 Å². The van der Waals surface area contributed by atoms with Crippen LogP contribution in [0.15, 0.2) is 6.20 Å². The van der Waals surface area contributed by atoms with Gasteiger partial charge in [0, 0.05) is 30.8 Å². The van der Waals surface area contributed by atoms with Gasteiger partial charge in [0.05, 0.1) is 17.6 Å². The molecule has 0 bridgehead atoms. The van der Waals surface area contributed by atoms with Crippen LogP contribution in [0.25, 0.3) is 11.3 Å². The van der Waals surface area contributed by atoms with Crippen molar-refractivity contribution in [2.24, 2.45) is 12.8 Å². The second-order valence-corrected chi connectivity index (χ2v) is 5.07. The number of nitrogens with two attached hydrogens (primary N) is 1. The first kappa shape index (κ1) is 13.8. The maximum absolute atomic E-state index is 5.83. The van der Waals surface area contributed by atoms with Crippen LogP contribution in [0.4, 0.5) is 0 Å². The Morgan fingerprint density at radius 1 is 1.42 bits per heavy atom. The Hall–Kier alpha value is -1.62. The summed E-state index contributed by atoms with van der Waals surface area (Å²) in [5.41, 5.74) is 10.2. The van der Waals surface area contributed by atoms with Crippen molar-refractivity contribution in [2.45, 2.75) is 39.5 Å². The van der Waals surface area contributed by atoms with Crippen LogP contribution >= 0.6 is 0 Å². The Morgan fingerprint density at radius 3 is 2.68 bits per heavy atom. The van der Waals surface area contributed by atoms with Gasteiger partial charge in [-0.05, 0) is 20.3 Å². The van der Waals surface area contributed by atoms with Crippen molar-refractivity contribution in [1.29, 1.82) is 0 Å². The van der Waals surface area contributed by atoms with Crippen molar-refractivity contribution in [1.82, 2.24) is 19.7 Å². The fraction of sp³-hybridized carbons (Fsp3) is 0.571. The topological polar surface area (TPSA) is 72.5 Å². The third kappa shape index (κ3) is 2.56. The zero-order valence-corrected chi connectivity index (χ0v) is 12.2. The van der Waals surface area contributed by atoms with Gasteiger partial charge in [-0.25, -0.2) is 4.98 Å². The normalized spacial score (nSPS) is 12.9. The molecule has 0 saturated heterocycles. The van der Waals surface area contributed by atoms with Crippen LogP contribution in [0, 0.1) is 13.8 Å². The van der Waals surface area contributed by atoms with E-state index < -0.39 is 0 Å². The molecular formula is C14H23N5. The third-order valence-electron chi connectivity index (χ3n) is 3.68. The summed E-state index contributed by atoms with van der Waals surface area (Å²) in [5, 5.41) is 4.44. The molecule has 2 rings (SSSR count). The molecule has 0 aromatic carbocycles. The van der Waals surface area contributed by atoms with Crippen molar-refractivity contribution in [3.05, 3.63) is 23.4 Å². The summed E-state index contributed by atoms with van der Waals surface area (Å²) in [4.78, 5) is 7.92. The number of nitrogens with zero attached hydrogens (tertiary/aromatic N) is 3. The highest BCUT2D eigenvalue weighted by molar-refractivity contribution is 5.64. The van der Waals surface area contributed by atoms with Crippen LogP contribution in [0.3, 0.4) is 0 Å². The zero-order chi connectivity index (χ0) is 14.0. The van der Waals surface area contributed by atoms with Gasteiger partial charge < -0.3 is 10.7 Å². The minimum Gasteiger partial charge on any atom is -0.342 e. The number of hydrogen-bond acceptors (Lipinski definition) is 3. The Balaban J connectivity index is 2.35. The molecule has 2 aromatic heterocycles. The molecule has 0 fully saturated rings. The predicted molar refractivity (Wildman–Crippen MR) is 77.0 cm³/mol. The SMILES string of the molecule is CCCC(CN)c1ncc(-c2c(C)nn(C)c2C)[nH]1. The molecule has 0 aliphatic heterocycles. The van der Waals surface area contributed by atoms with Crippen LogP contribution in [0.5, 0.6) is 0 Å². The summed E-state index contributed by atoms with van der Waals surface area (Å²) < 4.78 is 1.90. The van der Waals surface area contributed by atoms with Crippen molar-refractivity contribution in [3.63, 3.8) is 0 Å². The number of rotatable bonds is 5. The maximum Gasteiger partial charge on any atom is 0.110 e. The highest BCUT2D eigenvalue weighted by Crippen LogP contribution is 2.27. The Morgan fingerprint density at radius 2 is 2.16 bits per heavy atom. The summed E-state index contributed by atoms with van der Waals surface area (Å²) in [7, 11) is 1.96. The number of hydrogen-bond donors (Lipinski definition) is 2. The number of aryl methyl sites for hydroxylation is 2. The van der Waals surface area contributed by atoms with Gasteiger partial charge in [0.25, 0.3) is 0 Å². The molecule has 0 aliphatic rings. The standard InChI is InChI=1S/C14H23N5/c1-5-6-11(7-15)14-16-8-12(17-14)13-9(2)18-19(4)10(13)3/h8,11H,5-7,15H2,1-4H3,(H,16,17).